The number of rotatable bonds is 11. The smallest absolute Gasteiger partial charge is 0.319 e. The van der Waals surface area contributed by atoms with Crippen molar-refractivity contribution in [1.82, 2.24) is 25.5 Å². The molecule has 1 unspecified atom stereocenters. The monoisotopic (exact) mass is 680 g/mol. The van der Waals surface area contributed by atoms with Gasteiger partial charge in [0.1, 0.15) is 31.3 Å². The molecular formula is C33H38Cl2N8O4. The van der Waals surface area contributed by atoms with E-state index in [2.05, 4.69) is 60.2 Å². The van der Waals surface area contributed by atoms with Gasteiger partial charge in [0.05, 0.1) is 11.6 Å². The quantitative estimate of drug-likeness (QED) is 0.209. The summed E-state index contributed by atoms with van der Waals surface area (Å²) in [6.45, 7) is 8.39. The van der Waals surface area contributed by atoms with Gasteiger partial charge in [-0.3, -0.25) is 0 Å². The molecule has 2 N–H and O–H groups in total. The van der Waals surface area contributed by atoms with Gasteiger partial charge in [-0.05, 0) is 84.4 Å². The molecule has 2 aliphatic heterocycles. The Labute approximate surface area is 283 Å². The second-order valence-corrected chi connectivity index (χ2v) is 12.5. The summed E-state index contributed by atoms with van der Waals surface area (Å²) < 4.78 is 20.3. The maximum Gasteiger partial charge on any atom is 0.319 e. The van der Waals surface area contributed by atoms with Gasteiger partial charge in [-0.15, -0.1) is 5.10 Å². The van der Waals surface area contributed by atoms with E-state index in [1.54, 1.807) is 18.2 Å². The molecular weight excluding hydrogens is 643 g/mol. The number of urea groups is 1. The molecule has 3 atom stereocenters. The number of carbonyl (C=O) groups is 1. The van der Waals surface area contributed by atoms with Crippen LogP contribution in [0.15, 0.2) is 73.1 Å². The number of carbonyl (C=O) groups excluding carboxylic acids is 1. The van der Waals surface area contributed by atoms with E-state index in [1.165, 1.54) is 11.0 Å². The molecule has 14 heteroatoms. The molecule has 248 valence electrons. The van der Waals surface area contributed by atoms with E-state index in [1.807, 2.05) is 38.1 Å². The van der Waals surface area contributed by atoms with Gasteiger partial charge in [-0.2, -0.15) is 0 Å². The summed E-state index contributed by atoms with van der Waals surface area (Å²) in [6, 6.07) is 21.3. The number of nitrogens with zero attached hydrogens (tertiary/aromatic N) is 6. The summed E-state index contributed by atoms with van der Waals surface area (Å²) in [7, 11) is 0. The van der Waals surface area contributed by atoms with Crippen LogP contribution in [0.4, 0.5) is 21.9 Å². The lowest BCUT2D eigenvalue weighted by molar-refractivity contribution is -0.190. The van der Waals surface area contributed by atoms with E-state index >= 15 is 0 Å². The Morgan fingerprint density at radius 1 is 1.02 bits per heavy atom. The summed E-state index contributed by atoms with van der Waals surface area (Å²) in [6.07, 6.45) is 2.03. The number of halogens is 2. The molecule has 3 heterocycles. The average molecular weight is 682 g/mol. The van der Waals surface area contributed by atoms with Crippen molar-refractivity contribution in [2.45, 2.75) is 44.7 Å². The summed E-state index contributed by atoms with van der Waals surface area (Å²) in [4.78, 5) is 16.9. The zero-order chi connectivity index (χ0) is 32.8. The number of amides is 2. The molecule has 12 nitrogen and oxygen atoms in total. The lowest BCUT2D eigenvalue weighted by Crippen LogP contribution is -2.46. The van der Waals surface area contributed by atoms with Crippen LogP contribution in [0.2, 0.25) is 10.0 Å². The Hall–Kier alpha value is -4.10. The highest BCUT2D eigenvalue weighted by Crippen LogP contribution is 2.40. The number of nitrogens with one attached hydrogen (secondary N) is 2. The van der Waals surface area contributed by atoms with Crippen molar-refractivity contribution in [2.75, 3.05) is 54.5 Å². The minimum absolute atomic E-state index is 0.133. The van der Waals surface area contributed by atoms with Crippen molar-refractivity contribution in [2.24, 2.45) is 0 Å². The third kappa shape index (κ3) is 8.07. The van der Waals surface area contributed by atoms with E-state index < -0.39 is 5.79 Å². The van der Waals surface area contributed by atoms with Crippen molar-refractivity contribution in [3.8, 4) is 5.75 Å². The van der Waals surface area contributed by atoms with E-state index in [-0.39, 0.29) is 31.3 Å². The van der Waals surface area contributed by atoms with Crippen LogP contribution in [0.3, 0.4) is 0 Å². The lowest BCUT2D eigenvalue weighted by atomic mass is 10.1. The summed E-state index contributed by atoms with van der Waals surface area (Å²) >= 11 is 12.7. The highest BCUT2D eigenvalue weighted by Gasteiger charge is 2.45. The van der Waals surface area contributed by atoms with E-state index in [0.717, 1.165) is 55.4 Å². The summed E-state index contributed by atoms with van der Waals surface area (Å²) in [5.74, 6) is -0.454. The minimum Gasteiger partial charge on any atom is -0.491 e. The molecule has 2 fully saturated rings. The fourth-order valence-electron chi connectivity index (χ4n) is 5.63. The van der Waals surface area contributed by atoms with Crippen LogP contribution in [-0.4, -0.2) is 77.8 Å². The second-order valence-electron chi connectivity index (χ2n) is 11.7. The van der Waals surface area contributed by atoms with Gasteiger partial charge in [0.2, 0.25) is 5.79 Å². The van der Waals surface area contributed by atoms with Crippen LogP contribution in [0, 0.1) is 0 Å². The third-order valence-electron chi connectivity index (χ3n) is 8.36. The fraction of sp³-hybridized carbons (Fsp3) is 0.394. The Kier molecular flexibility index (Phi) is 10.3. The number of benzene rings is 3. The van der Waals surface area contributed by atoms with Gasteiger partial charge in [0, 0.05) is 59.9 Å². The highest BCUT2D eigenvalue weighted by atomic mass is 35.5. The van der Waals surface area contributed by atoms with Gasteiger partial charge < -0.3 is 34.6 Å². The molecule has 0 aliphatic carbocycles. The molecule has 4 aromatic rings. The minimum atomic E-state index is -1.19. The highest BCUT2D eigenvalue weighted by molar-refractivity contribution is 6.35. The van der Waals surface area contributed by atoms with Gasteiger partial charge in [0.15, 0.2) is 0 Å². The molecule has 2 aliphatic rings. The molecule has 1 aromatic heterocycles. The zero-order valence-corrected chi connectivity index (χ0v) is 27.8. The number of tetrazole rings is 1. The maximum atomic E-state index is 12.1. The third-order valence-corrected chi connectivity index (χ3v) is 8.91. The predicted molar refractivity (Wildman–Crippen MR) is 181 cm³/mol. The molecule has 6 rings (SSSR count). The number of hydrogen-bond donors (Lipinski definition) is 2. The van der Waals surface area contributed by atoms with Crippen LogP contribution in [0.5, 0.6) is 5.75 Å². The van der Waals surface area contributed by atoms with Crippen molar-refractivity contribution >= 4 is 46.3 Å². The number of piperazine rings is 1. The van der Waals surface area contributed by atoms with Gasteiger partial charge >= 0.3 is 6.03 Å². The van der Waals surface area contributed by atoms with E-state index in [9.17, 15) is 4.79 Å². The normalized spacial score (nSPS) is 20.2. The van der Waals surface area contributed by atoms with Crippen LogP contribution in [0.25, 0.3) is 0 Å². The van der Waals surface area contributed by atoms with Crippen molar-refractivity contribution in [3.05, 3.63) is 88.7 Å². The zero-order valence-electron chi connectivity index (χ0n) is 26.3. The van der Waals surface area contributed by atoms with Gasteiger partial charge in [-0.25, -0.2) is 9.48 Å². The van der Waals surface area contributed by atoms with Crippen LogP contribution in [0.1, 0.15) is 25.8 Å². The maximum absolute atomic E-state index is 12.1. The molecule has 0 bridgehead atoms. The first-order chi connectivity index (χ1) is 22.8. The number of anilines is 3. The topological polar surface area (TPSA) is 119 Å². The van der Waals surface area contributed by atoms with Crippen LogP contribution in [-0.2, 0) is 21.8 Å². The summed E-state index contributed by atoms with van der Waals surface area (Å²) in [5, 5.41) is 18.2. The Balaban J connectivity index is 0.994. The average Bonchev–Trinajstić information content (AvgIpc) is 3.75. The van der Waals surface area contributed by atoms with E-state index in [4.69, 9.17) is 37.4 Å². The molecule has 47 heavy (non-hydrogen) atoms. The molecule has 0 spiro atoms. The van der Waals surface area contributed by atoms with Crippen molar-refractivity contribution in [1.29, 1.82) is 0 Å². The number of hydrogen-bond acceptors (Lipinski definition) is 9. The van der Waals surface area contributed by atoms with Gasteiger partial charge in [0.25, 0.3) is 0 Å². The fourth-order valence-corrected chi connectivity index (χ4v) is 6.19. The first-order valence-electron chi connectivity index (χ1n) is 15.7. The SMILES string of the molecule is CCC(C)NC(=O)Nc1ccc(N2CCN(c3ccc(OC[C@@H]4CO[C@@](Cn5cnnn5)(c5ccc(Cl)cc5Cl)O4)cc3)CC2)cc1. The lowest BCUT2D eigenvalue weighted by Gasteiger charge is -2.37. The first kappa shape index (κ1) is 32.8. The second kappa shape index (κ2) is 14.8. The Bertz CT molecular complexity index is 1620. The van der Waals surface area contributed by atoms with Crippen LogP contribution < -0.4 is 25.2 Å². The standard InChI is InChI=1S/C33H38Cl2N8O4/c1-3-23(2)37-32(44)38-25-5-7-26(8-6-25)41-14-16-42(17-15-41)27-9-11-28(12-10-27)45-19-29-20-46-33(47-29,21-43-22-36-39-40-43)30-13-4-24(34)18-31(30)35/h4-13,18,22-23,29H,3,14-17,19-21H2,1-2H3,(H2,37,38,44)/t23?,29-,33-/m1/s1. The van der Waals surface area contributed by atoms with E-state index in [0.29, 0.717) is 22.2 Å². The first-order valence-corrected chi connectivity index (χ1v) is 16.4. The van der Waals surface area contributed by atoms with Crippen LogP contribution >= 0.6 is 23.2 Å². The van der Waals surface area contributed by atoms with Crippen molar-refractivity contribution in [3.63, 3.8) is 0 Å². The molecule has 0 radical (unpaired) electrons. The molecule has 2 saturated heterocycles. The number of ether oxygens (including phenoxy) is 3. The summed E-state index contributed by atoms with van der Waals surface area (Å²) in [5.41, 5.74) is 3.69. The Morgan fingerprint density at radius 2 is 1.70 bits per heavy atom. The predicted octanol–water partition coefficient (Wildman–Crippen LogP) is 5.57. The largest absolute Gasteiger partial charge is 0.491 e. The van der Waals surface area contributed by atoms with Crippen molar-refractivity contribution < 1.29 is 19.0 Å². The molecule has 2 amide bonds. The number of aromatic nitrogens is 4. The van der Waals surface area contributed by atoms with Gasteiger partial charge in [-0.1, -0.05) is 36.2 Å². The molecule has 3 aromatic carbocycles. The Morgan fingerprint density at radius 3 is 2.32 bits per heavy atom. The molecule has 0 saturated carbocycles.